The van der Waals surface area contributed by atoms with Crippen LogP contribution in [0.3, 0.4) is 0 Å². The molecule has 0 N–H and O–H groups in total. The third-order valence-electron chi connectivity index (χ3n) is 4.63. The molecule has 0 radical (unpaired) electrons. The van der Waals surface area contributed by atoms with Crippen molar-refractivity contribution in [2.45, 2.75) is 18.3 Å². The molecule has 0 aromatic heterocycles. The molecule has 2 fully saturated rings. The van der Waals surface area contributed by atoms with Gasteiger partial charge in [0.25, 0.3) is 0 Å². The first-order valence-corrected chi connectivity index (χ1v) is 5.82. The van der Waals surface area contributed by atoms with Gasteiger partial charge >= 0.3 is 0 Å². The fourth-order valence-corrected chi connectivity index (χ4v) is 3.98. The van der Waals surface area contributed by atoms with Crippen molar-refractivity contribution in [3.05, 3.63) is 47.5 Å². The van der Waals surface area contributed by atoms with E-state index in [1.807, 2.05) is 0 Å². The highest BCUT2D eigenvalue weighted by Crippen LogP contribution is 2.75. The van der Waals surface area contributed by atoms with Gasteiger partial charge in [0.15, 0.2) is 0 Å². The van der Waals surface area contributed by atoms with Gasteiger partial charge in [-0.05, 0) is 52.0 Å². The molecule has 0 spiro atoms. The van der Waals surface area contributed by atoms with E-state index in [0.717, 1.165) is 6.42 Å². The number of hydrogen-bond donors (Lipinski definition) is 0. The van der Waals surface area contributed by atoms with Crippen LogP contribution in [0.15, 0.2) is 36.4 Å². The molecule has 2 aromatic carbocycles. The van der Waals surface area contributed by atoms with E-state index in [1.54, 1.807) is 0 Å². The lowest BCUT2D eigenvalue weighted by Gasteiger charge is -2.31. The maximum Gasteiger partial charge on any atom is 0.0312 e. The minimum atomic E-state index is -0.0853. The van der Waals surface area contributed by atoms with Gasteiger partial charge in [-0.3, -0.25) is 0 Å². The quantitative estimate of drug-likeness (QED) is 0.599. The van der Waals surface area contributed by atoms with Crippen LogP contribution >= 0.6 is 0 Å². The van der Waals surface area contributed by atoms with Gasteiger partial charge in [-0.1, -0.05) is 36.4 Å². The Labute approximate surface area is 90.3 Å². The van der Waals surface area contributed by atoms with E-state index in [-0.39, 0.29) is 5.89 Å². The molecule has 3 aliphatic carbocycles. The van der Waals surface area contributed by atoms with Crippen LogP contribution in [0.4, 0.5) is 0 Å². The van der Waals surface area contributed by atoms with Crippen molar-refractivity contribution in [2.75, 3.05) is 0 Å². The average molecular weight is 193 g/mol. The summed E-state index contributed by atoms with van der Waals surface area (Å²) in [6.45, 7) is 0. The molecule has 0 nitrogen and oxygen atoms in total. The van der Waals surface area contributed by atoms with Crippen molar-refractivity contribution in [3.8, 4) is 0 Å². The molecule has 3 aliphatic rings. The number of fused-ring (bicyclic) bond motifs is 6. The van der Waals surface area contributed by atoms with Crippen LogP contribution in [-0.4, -0.2) is 0 Å². The van der Waals surface area contributed by atoms with E-state index in [0.29, 0.717) is 17.8 Å². The van der Waals surface area contributed by atoms with Crippen molar-refractivity contribution in [1.29, 1.82) is 0 Å². The van der Waals surface area contributed by atoms with Gasteiger partial charge in [0.1, 0.15) is 0 Å². The highest BCUT2D eigenvalue weighted by molar-refractivity contribution is 5.93. The van der Waals surface area contributed by atoms with E-state index in [1.165, 1.54) is 21.9 Å². The van der Waals surface area contributed by atoms with Gasteiger partial charge in [-0.2, -0.15) is 0 Å². The lowest BCUT2D eigenvalue weighted by Crippen LogP contribution is -2.20. The van der Waals surface area contributed by atoms with Gasteiger partial charge in [-0.25, -0.2) is 0 Å². The molecule has 4 atom stereocenters. The van der Waals surface area contributed by atoms with E-state index < -0.39 is 0 Å². The molecule has 0 heterocycles. The zero-order valence-electron chi connectivity index (χ0n) is 9.40. The van der Waals surface area contributed by atoms with Crippen molar-refractivity contribution in [3.63, 3.8) is 0 Å². The van der Waals surface area contributed by atoms with Crippen LogP contribution in [0.2, 0.25) is 0 Å². The Balaban J connectivity index is 1.94. The maximum atomic E-state index is 8.41. The predicted octanol–water partition coefficient (Wildman–Crippen LogP) is 3.67. The minimum absolute atomic E-state index is 0.0853. The molecular formula is C15H12. The molecule has 2 saturated carbocycles. The molecule has 0 saturated heterocycles. The average Bonchev–Trinajstić information content (AvgIpc) is 2.75. The van der Waals surface area contributed by atoms with Crippen LogP contribution in [-0.2, 0) is 0 Å². The molecular weight excluding hydrogens is 180 g/mol. The van der Waals surface area contributed by atoms with E-state index in [4.69, 9.17) is 1.37 Å². The third-order valence-corrected chi connectivity index (χ3v) is 4.63. The van der Waals surface area contributed by atoms with Crippen LogP contribution in [0, 0.1) is 11.8 Å². The largest absolute Gasteiger partial charge is 0.0613 e. The molecule has 15 heavy (non-hydrogen) atoms. The Morgan fingerprint density at radius 2 is 1.73 bits per heavy atom. The lowest BCUT2D eigenvalue weighted by molar-refractivity contribution is 0.334. The first-order chi connectivity index (χ1) is 7.81. The van der Waals surface area contributed by atoms with Gasteiger partial charge in [0.2, 0.25) is 0 Å². The van der Waals surface area contributed by atoms with E-state index in [9.17, 15) is 0 Å². The van der Waals surface area contributed by atoms with E-state index >= 15 is 0 Å². The lowest BCUT2D eigenvalue weighted by atomic mass is 9.72. The molecule has 0 amide bonds. The molecule has 2 aromatic rings. The summed E-state index contributed by atoms with van der Waals surface area (Å²) in [6.07, 6.45) is 1.13. The van der Waals surface area contributed by atoms with Crippen molar-refractivity contribution in [2.24, 2.45) is 11.8 Å². The second-order valence-corrected chi connectivity index (χ2v) is 5.18. The van der Waals surface area contributed by atoms with Crippen molar-refractivity contribution >= 4 is 10.8 Å². The standard InChI is InChI=1S/C15H12/c1-3-8-4-2-6-10-13(8)9(5-1)14-11-7-12(11)15(10)14/h1-6,11-12,14-15H,7H2/t11-,12+,14?,15?/i11D/m1/s1. The molecule has 2 unspecified atom stereocenters. The van der Waals surface area contributed by atoms with Crippen molar-refractivity contribution < 1.29 is 1.37 Å². The first kappa shape index (κ1) is 6.32. The highest BCUT2D eigenvalue weighted by atomic mass is 14.7. The van der Waals surface area contributed by atoms with Crippen LogP contribution in [0.25, 0.3) is 10.8 Å². The van der Waals surface area contributed by atoms with Gasteiger partial charge in [0, 0.05) is 1.37 Å². The van der Waals surface area contributed by atoms with Crippen LogP contribution in [0.5, 0.6) is 0 Å². The summed E-state index contributed by atoms with van der Waals surface area (Å²) in [5.41, 5.74) is 2.99. The Morgan fingerprint density at radius 1 is 1.00 bits per heavy atom. The van der Waals surface area contributed by atoms with Gasteiger partial charge in [0.05, 0.1) is 0 Å². The highest BCUT2D eigenvalue weighted by Gasteiger charge is 2.64. The predicted molar refractivity (Wildman–Crippen MR) is 61.0 cm³/mol. The second kappa shape index (κ2) is 1.97. The summed E-state index contributed by atoms with van der Waals surface area (Å²) in [5, 5.41) is 2.84. The molecule has 0 aliphatic heterocycles. The number of benzene rings is 2. The SMILES string of the molecule is [2H][C@@]12C[C@@H]1C1c3cccc4cccc(c34)C12. The fourth-order valence-electron chi connectivity index (χ4n) is 3.98. The topological polar surface area (TPSA) is 0 Å². The smallest absolute Gasteiger partial charge is 0.0312 e. The molecule has 72 valence electrons. The van der Waals surface area contributed by atoms with E-state index in [2.05, 4.69) is 36.4 Å². The third kappa shape index (κ3) is 0.613. The summed E-state index contributed by atoms with van der Waals surface area (Å²) >= 11 is 0. The number of rotatable bonds is 0. The summed E-state index contributed by atoms with van der Waals surface area (Å²) < 4.78 is 8.41. The zero-order valence-corrected chi connectivity index (χ0v) is 8.40. The van der Waals surface area contributed by atoms with Crippen LogP contribution < -0.4 is 0 Å². The Morgan fingerprint density at radius 3 is 2.53 bits per heavy atom. The Bertz CT molecular complexity index is 640. The Kier molecular flexibility index (Phi) is 0.830. The van der Waals surface area contributed by atoms with Crippen molar-refractivity contribution in [1.82, 2.24) is 0 Å². The summed E-state index contributed by atoms with van der Waals surface area (Å²) in [7, 11) is 0. The number of hydrogen-bond acceptors (Lipinski definition) is 0. The summed E-state index contributed by atoms with van der Waals surface area (Å²) in [5.74, 6) is 1.77. The van der Waals surface area contributed by atoms with Gasteiger partial charge in [-0.15, -0.1) is 0 Å². The molecule has 0 bridgehead atoms. The Hall–Kier alpha value is -1.30. The van der Waals surface area contributed by atoms with Gasteiger partial charge < -0.3 is 0 Å². The minimum Gasteiger partial charge on any atom is -0.0613 e. The molecule has 0 heteroatoms. The summed E-state index contributed by atoms with van der Waals surface area (Å²) in [4.78, 5) is 0. The normalized spacial score (nSPS) is 44.3. The fraction of sp³-hybridized carbons (Fsp3) is 0.333. The molecule has 5 rings (SSSR count). The monoisotopic (exact) mass is 193 g/mol. The summed E-state index contributed by atoms with van der Waals surface area (Å²) in [6, 6.07) is 13.3. The second-order valence-electron chi connectivity index (χ2n) is 5.18. The zero-order chi connectivity index (χ0) is 10.5. The first-order valence-electron chi connectivity index (χ1n) is 6.32. The maximum absolute atomic E-state index is 8.41. The van der Waals surface area contributed by atoms with Crippen LogP contribution in [0.1, 0.15) is 30.8 Å².